The lowest BCUT2D eigenvalue weighted by molar-refractivity contribution is -0.0184. The van der Waals surface area contributed by atoms with Gasteiger partial charge in [-0.05, 0) is 44.2 Å². The minimum absolute atomic E-state index is 0.0845. The largest absolute Gasteiger partial charge is 0.376 e. The molecule has 2 rings (SSSR count). The van der Waals surface area contributed by atoms with Crippen LogP contribution in [0.5, 0.6) is 0 Å². The summed E-state index contributed by atoms with van der Waals surface area (Å²) < 4.78 is 18.2. The Bertz CT molecular complexity index is 419. The summed E-state index contributed by atoms with van der Waals surface area (Å²) in [6.07, 6.45) is 1.63. The van der Waals surface area contributed by atoms with E-state index in [1.807, 2.05) is 0 Å². The fraction of sp³-hybridized carbons (Fsp3) is 0.533. The second-order valence-electron chi connectivity index (χ2n) is 5.02. The van der Waals surface area contributed by atoms with Crippen LogP contribution in [0.4, 0.5) is 4.39 Å². The highest BCUT2D eigenvalue weighted by atomic mass is 19.1. The highest BCUT2D eigenvalue weighted by Crippen LogP contribution is 2.09. The minimum atomic E-state index is -0.307. The predicted molar refractivity (Wildman–Crippen MR) is 71.8 cm³/mol. The molecule has 0 aromatic heterocycles. The smallest absolute Gasteiger partial charge is 0.162 e. The van der Waals surface area contributed by atoms with Crippen LogP contribution in [0.1, 0.15) is 30.1 Å². The van der Waals surface area contributed by atoms with E-state index < -0.39 is 0 Å². The number of nitrogens with zero attached hydrogens (tertiary/aromatic N) is 1. The first-order valence-corrected chi connectivity index (χ1v) is 6.78. The molecule has 1 aliphatic heterocycles. The molecule has 1 aromatic carbocycles. The van der Waals surface area contributed by atoms with E-state index in [-0.39, 0.29) is 17.7 Å². The SMILES string of the molecule is CC1CN(CCCC(=O)c2ccc(F)cc2)CCO1. The summed E-state index contributed by atoms with van der Waals surface area (Å²) in [5, 5.41) is 0. The van der Waals surface area contributed by atoms with Gasteiger partial charge in [0.2, 0.25) is 0 Å². The van der Waals surface area contributed by atoms with E-state index in [9.17, 15) is 9.18 Å². The van der Waals surface area contributed by atoms with Crippen LogP contribution in [0.15, 0.2) is 24.3 Å². The maximum absolute atomic E-state index is 12.8. The Morgan fingerprint density at radius 2 is 2.16 bits per heavy atom. The average Bonchev–Trinajstić information content (AvgIpc) is 2.39. The lowest BCUT2D eigenvalue weighted by Gasteiger charge is -2.30. The monoisotopic (exact) mass is 265 g/mol. The molecule has 1 aliphatic rings. The van der Waals surface area contributed by atoms with Gasteiger partial charge >= 0.3 is 0 Å². The lowest BCUT2D eigenvalue weighted by atomic mass is 10.1. The number of morpholine rings is 1. The molecule has 4 heteroatoms. The zero-order valence-electron chi connectivity index (χ0n) is 11.3. The Hall–Kier alpha value is -1.26. The Labute approximate surface area is 113 Å². The van der Waals surface area contributed by atoms with Gasteiger partial charge in [0.25, 0.3) is 0 Å². The number of carbonyl (C=O) groups excluding carboxylic acids is 1. The number of benzene rings is 1. The molecule has 1 heterocycles. The van der Waals surface area contributed by atoms with Crippen LogP contribution in [0.3, 0.4) is 0 Å². The number of halogens is 1. The Morgan fingerprint density at radius 3 is 2.84 bits per heavy atom. The van der Waals surface area contributed by atoms with Crippen molar-refractivity contribution in [2.75, 3.05) is 26.2 Å². The van der Waals surface area contributed by atoms with Crippen LogP contribution >= 0.6 is 0 Å². The van der Waals surface area contributed by atoms with Gasteiger partial charge in [0.1, 0.15) is 5.82 Å². The van der Waals surface area contributed by atoms with Gasteiger partial charge < -0.3 is 4.74 Å². The zero-order chi connectivity index (χ0) is 13.7. The molecule has 104 valence electrons. The van der Waals surface area contributed by atoms with Crippen molar-refractivity contribution >= 4 is 5.78 Å². The second kappa shape index (κ2) is 6.78. The molecule has 0 saturated carbocycles. The van der Waals surface area contributed by atoms with Crippen LogP contribution in [-0.4, -0.2) is 43.0 Å². The normalized spacial score (nSPS) is 20.4. The van der Waals surface area contributed by atoms with Crippen molar-refractivity contribution in [3.05, 3.63) is 35.6 Å². The van der Waals surface area contributed by atoms with Gasteiger partial charge in [-0.25, -0.2) is 4.39 Å². The molecule has 0 N–H and O–H groups in total. The fourth-order valence-electron chi connectivity index (χ4n) is 2.34. The summed E-state index contributed by atoms with van der Waals surface area (Å²) in [4.78, 5) is 14.2. The van der Waals surface area contributed by atoms with E-state index in [0.29, 0.717) is 12.0 Å². The van der Waals surface area contributed by atoms with E-state index in [0.717, 1.165) is 32.7 Å². The van der Waals surface area contributed by atoms with E-state index in [1.165, 1.54) is 12.1 Å². The summed E-state index contributed by atoms with van der Waals surface area (Å²) in [6.45, 7) is 5.63. The Balaban J connectivity index is 1.73. The molecule has 1 unspecified atom stereocenters. The van der Waals surface area contributed by atoms with Crippen LogP contribution in [0.25, 0.3) is 0 Å². The molecular formula is C15H20FNO2. The number of carbonyl (C=O) groups is 1. The van der Waals surface area contributed by atoms with Gasteiger partial charge in [-0.15, -0.1) is 0 Å². The van der Waals surface area contributed by atoms with Gasteiger partial charge in [-0.2, -0.15) is 0 Å². The van der Waals surface area contributed by atoms with Gasteiger partial charge in [0.05, 0.1) is 12.7 Å². The molecule has 0 radical (unpaired) electrons. The van der Waals surface area contributed by atoms with Crippen LogP contribution in [0.2, 0.25) is 0 Å². The first-order valence-electron chi connectivity index (χ1n) is 6.78. The van der Waals surface area contributed by atoms with Gasteiger partial charge in [-0.3, -0.25) is 9.69 Å². The number of hydrogen-bond acceptors (Lipinski definition) is 3. The molecule has 3 nitrogen and oxygen atoms in total. The summed E-state index contributed by atoms with van der Waals surface area (Å²) in [5.41, 5.74) is 0.594. The standard InChI is InChI=1S/C15H20FNO2/c1-12-11-17(9-10-19-12)8-2-3-15(18)13-4-6-14(16)7-5-13/h4-7,12H,2-3,8-11H2,1H3. The third kappa shape index (κ3) is 4.40. The third-order valence-corrected chi connectivity index (χ3v) is 3.37. The van der Waals surface area contributed by atoms with Crippen molar-refractivity contribution in [3.8, 4) is 0 Å². The molecule has 0 amide bonds. The molecule has 0 aliphatic carbocycles. The molecule has 1 atom stereocenters. The zero-order valence-corrected chi connectivity index (χ0v) is 11.3. The van der Waals surface area contributed by atoms with E-state index in [4.69, 9.17) is 4.74 Å². The van der Waals surface area contributed by atoms with Gasteiger partial charge in [-0.1, -0.05) is 0 Å². The Kier molecular flexibility index (Phi) is 5.05. The fourth-order valence-corrected chi connectivity index (χ4v) is 2.34. The molecule has 1 saturated heterocycles. The topological polar surface area (TPSA) is 29.5 Å². The maximum atomic E-state index is 12.8. The van der Waals surface area contributed by atoms with E-state index >= 15 is 0 Å². The van der Waals surface area contributed by atoms with Crippen molar-refractivity contribution in [2.24, 2.45) is 0 Å². The number of ether oxygens (including phenoxy) is 1. The van der Waals surface area contributed by atoms with Crippen molar-refractivity contribution in [1.29, 1.82) is 0 Å². The number of Topliss-reactive ketones (excluding diaryl/α,β-unsaturated/α-hetero) is 1. The summed E-state index contributed by atoms with van der Waals surface area (Å²) in [7, 11) is 0. The van der Waals surface area contributed by atoms with Crippen LogP contribution < -0.4 is 0 Å². The van der Waals surface area contributed by atoms with Crippen molar-refractivity contribution < 1.29 is 13.9 Å². The maximum Gasteiger partial charge on any atom is 0.162 e. The van der Waals surface area contributed by atoms with Gasteiger partial charge in [0, 0.05) is 25.1 Å². The van der Waals surface area contributed by atoms with E-state index in [1.54, 1.807) is 12.1 Å². The number of hydrogen-bond donors (Lipinski definition) is 0. The summed E-state index contributed by atoms with van der Waals surface area (Å²) in [6, 6.07) is 5.76. The van der Waals surface area contributed by atoms with Gasteiger partial charge in [0.15, 0.2) is 5.78 Å². The molecule has 1 fully saturated rings. The quantitative estimate of drug-likeness (QED) is 0.766. The highest BCUT2D eigenvalue weighted by Gasteiger charge is 2.16. The molecule has 0 spiro atoms. The lowest BCUT2D eigenvalue weighted by Crippen LogP contribution is -2.41. The summed E-state index contributed by atoms with van der Waals surface area (Å²) >= 11 is 0. The number of rotatable bonds is 5. The Morgan fingerprint density at radius 1 is 1.42 bits per heavy atom. The minimum Gasteiger partial charge on any atom is -0.376 e. The van der Waals surface area contributed by atoms with Crippen molar-refractivity contribution in [1.82, 2.24) is 4.90 Å². The van der Waals surface area contributed by atoms with E-state index in [2.05, 4.69) is 11.8 Å². The molecule has 19 heavy (non-hydrogen) atoms. The first-order chi connectivity index (χ1) is 9.15. The number of ketones is 1. The average molecular weight is 265 g/mol. The molecule has 1 aromatic rings. The van der Waals surface area contributed by atoms with Crippen LogP contribution in [0, 0.1) is 5.82 Å². The highest BCUT2D eigenvalue weighted by molar-refractivity contribution is 5.95. The van der Waals surface area contributed by atoms with Crippen molar-refractivity contribution in [3.63, 3.8) is 0 Å². The van der Waals surface area contributed by atoms with Crippen molar-refractivity contribution in [2.45, 2.75) is 25.9 Å². The van der Waals surface area contributed by atoms with Crippen LogP contribution in [-0.2, 0) is 4.74 Å². The molecular weight excluding hydrogens is 245 g/mol. The molecule has 0 bridgehead atoms. The summed E-state index contributed by atoms with van der Waals surface area (Å²) in [5.74, 6) is -0.222. The second-order valence-corrected chi connectivity index (χ2v) is 5.02. The predicted octanol–water partition coefficient (Wildman–Crippen LogP) is 2.51. The first kappa shape index (κ1) is 14.2. The third-order valence-electron chi connectivity index (χ3n) is 3.37.